The Kier molecular flexibility index (Phi) is 3.27. The number of nitrogens with two attached hydrogens (primary N) is 1. The van der Waals surface area contributed by atoms with E-state index in [4.69, 9.17) is 5.73 Å². The molecule has 0 amide bonds. The van der Waals surface area contributed by atoms with E-state index in [2.05, 4.69) is 15.0 Å². The number of pyridine rings is 1. The molecule has 2 heterocycles. The summed E-state index contributed by atoms with van der Waals surface area (Å²) in [7, 11) is 0. The van der Waals surface area contributed by atoms with Crippen LogP contribution in [0.4, 0.5) is 19.0 Å². The third-order valence-corrected chi connectivity index (χ3v) is 3.80. The Morgan fingerprint density at radius 3 is 2.76 bits per heavy atom. The second-order valence-electron chi connectivity index (χ2n) is 5.13. The van der Waals surface area contributed by atoms with E-state index in [1.54, 1.807) is 6.20 Å². The molecule has 7 heteroatoms. The van der Waals surface area contributed by atoms with E-state index < -0.39 is 11.7 Å². The van der Waals surface area contributed by atoms with Gasteiger partial charge >= 0.3 is 6.18 Å². The summed E-state index contributed by atoms with van der Waals surface area (Å²) in [5, 5.41) is 0. The van der Waals surface area contributed by atoms with Gasteiger partial charge in [-0.3, -0.25) is 0 Å². The quantitative estimate of drug-likeness (QED) is 0.878. The van der Waals surface area contributed by atoms with Crippen LogP contribution in [-0.4, -0.2) is 15.0 Å². The molecule has 2 aromatic heterocycles. The average molecular weight is 294 g/mol. The molecule has 1 atom stereocenters. The van der Waals surface area contributed by atoms with Crippen LogP contribution in [0.25, 0.3) is 0 Å². The van der Waals surface area contributed by atoms with Gasteiger partial charge in [0.2, 0.25) is 0 Å². The molecular weight excluding hydrogens is 281 g/mol. The van der Waals surface area contributed by atoms with Crippen molar-refractivity contribution in [3.63, 3.8) is 0 Å². The Morgan fingerprint density at radius 2 is 2.00 bits per heavy atom. The van der Waals surface area contributed by atoms with Crippen molar-refractivity contribution in [3.8, 4) is 0 Å². The Morgan fingerprint density at radius 1 is 1.19 bits per heavy atom. The summed E-state index contributed by atoms with van der Waals surface area (Å²) < 4.78 is 38.4. The molecule has 110 valence electrons. The molecule has 2 aromatic rings. The van der Waals surface area contributed by atoms with Gasteiger partial charge in [0.15, 0.2) is 0 Å². The highest BCUT2D eigenvalue weighted by Gasteiger charge is 2.33. The second kappa shape index (κ2) is 4.98. The number of fused-ring (bicyclic) bond motifs is 1. The number of nitrogen functional groups attached to an aromatic ring is 1. The maximum Gasteiger partial charge on any atom is 0.417 e. The minimum Gasteiger partial charge on any atom is -0.383 e. The molecule has 2 N–H and O–H groups in total. The van der Waals surface area contributed by atoms with E-state index in [-0.39, 0.29) is 11.7 Å². The average Bonchev–Trinajstić information content (AvgIpc) is 2.46. The van der Waals surface area contributed by atoms with Gasteiger partial charge in [-0.1, -0.05) is 0 Å². The number of aromatic nitrogens is 3. The molecule has 1 unspecified atom stereocenters. The standard InChI is InChI=1S/C14H13F3N4/c15-14(16,17)10-4-11(13(18)20-6-10)8-1-2-9-5-19-7-21-12(9)3-8/h4-8H,1-3H2,(H2,18,20). The lowest BCUT2D eigenvalue weighted by Gasteiger charge is -2.24. The molecule has 21 heavy (non-hydrogen) atoms. The van der Waals surface area contributed by atoms with Crippen molar-refractivity contribution < 1.29 is 13.2 Å². The first-order chi connectivity index (χ1) is 9.95. The van der Waals surface area contributed by atoms with Crippen molar-refractivity contribution in [2.24, 2.45) is 0 Å². The fourth-order valence-corrected chi connectivity index (χ4v) is 2.68. The lowest BCUT2D eigenvalue weighted by atomic mass is 9.82. The van der Waals surface area contributed by atoms with Gasteiger partial charge in [-0.25, -0.2) is 15.0 Å². The molecule has 0 fully saturated rings. The summed E-state index contributed by atoms with van der Waals surface area (Å²) in [5.41, 5.74) is 7.38. The molecule has 1 aliphatic carbocycles. The topological polar surface area (TPSA) is 64.7 Å². The SMILES string of the molecule is Nc1ncc(C(F)(F)F)cc1C1CCc2cncnc2C1. The predicted molar refractivity (Wildman–Crippen MR) is 70.4 cm³/mol. The minimum absolute atomic E-state index is 0.0952. The van der Waals surface area contributed by atoms with Crippen molar-refractivity contribution in [2.75, 3.05) is 5.73 Å². The van der Waals surface area contributed by atoms with Gasteiger partial charge in [0.05, 0.1) is 5.56 Å². The van der Waals surface area contributed by atoms with Crippen LogP contribution in [0.15, 0.2) is 24.8 Å². The number of nitrogens with zero attached hydrogens (tertiary/aromatic N) is 3. The molecule has 0 aromatic carbocycles. The van der Waals surface area contributed by atoms with Crippen LogP contribution in [0.1, 0.15) is 34.7 Å². The molecule has 0 aliphatic heterocycles. The lowest BCUT2D eigenvalue weighted by Crippen LogP contribution is -2.17. The number of halogens is 3. The highest BCUT2D eigenvalue weighted by atomic mass is 19.4. The maximum atomic E-state index is 12.8. The summed E-state index contributed by atoms with van der Waals surface area (Å²) in [6.45, 7) is 0. The molecule has 0 spiro atoms. The number of rotatable bonds is 1. The number of aryl methyl sites for hydroxylation is 1. The minimum atomic E-state index is -4.41. The van der Waals surface area contributed by atoms with Crippen LogP contribution in [-0.2, 0) is 19.0 Å². The molecule has 0 saturated carbocycles. The third kappa shape index (κ3) is 2.68. The summed E-state index contributed by atoms with van der Waals surface area (Å²) in [5.74, 6) is 0.0627. The third-order valence-electron chi connectivity index (χ3n) is 3.80. The van der Waals surface area contributed by atoms with Crippen LogP contribution >= 0.6 is 0 Å². The van der Waals surface area contributed by atoms with E-state index in [1.807, 2.05) is 0 Å². The first kappa shape index (κ1) is 13.8. The fourth-order valence-electron chi connectivity index (χ4n) is 2.68. The molecule has 3 rings (SSSR count). The van der Waals surface area contributed by atoms with E-state index in [0.717, 1.165) is 29.9 Å². The smallest absolute Gasteiger partial charge is 0.383 e. The zero-order chi connectivity index (χ0) is 15.0. The number of alkyl halides is 3. The molecule has 0 bridgehead atoms. The summed E-state index contributed by atoms with van der Waals surface area (Å²) in [6, 6.07) is 1.11. The Hall–Kier alpha value is -2.18. The first-order valence-corrected chi connectivity index (χ1v) is 6.55. The largest absolute Gasteiger partial charge is 0.417 e. The highest BCUT2D eigenvalue weighted by molar-refractivity contribution is 5.45. The lowest BCUT2D eigenvalue weighted by molar-refractivity contribution is -0.137. The number of hydrogen-bond donors (Lipinski definition) is 1. The Balaban J connectivity index is 1.95. The second-order valence-corrected chi connectivity index (χ2v) is 5.13. The maximum absolute atomic E-state index is 12.8. The van der Waals surface area contributed by atoms with Crippen LogP contribution in [0.2, 0.25) is 0 Å². The highest BCUT2D eigenvalue weighted by Crippen LogP contribution is 2.37. The monoisotopic (exact) mass is 294 g/mol. The predicted octanol–water partition coefficient (Wildman–Crippen LogP) is 2.75. The van der Waals surface area contributed by atoms with Crippen molar-refractivity contribution in [2.45, 2.75) is 31.4 Å². The van der Waals surface area contributed by atoms with Crippen LogP contribution in [0.3, 0.4) is 0 Å². The van der Waals surface area contributed by atoms with Gasteiger partial charge in [-0.2, -0.15) is 13.2 Å². The van der Waals surface area contributed by atoms with E-state index in [1.165, 1.54) is 6.33 Å². The van der Waals surface area contributed by atoms with Crippen molar-refractivity contribution >= 4 is 5.82 Å². The zero-order valence-electron chi connectivity index (χ0n) is 11.1. The Labute approximate surface area is 119 Å². The van der Waals surface area contributed by atoms with E-state index in [9.17, 15) is 13.2 Å². The molecule has 0 saturated heterocycles. The van der Waals surface area contributed by atoms with Crippen molar-refractivity contribution in [3.05, 3.63) is 47.2 Å². The van der Waals surface area contributed by atoms with Crippen LogP contribution in [0.5, 0.6) is 0 Å². The van der Waals surface area contributed by atoms with Gasteiger partial charge in [0.25, 0.3) is 0 Å². The zero-order valence-corrected chi connectivity index (χ0v) is 11.1. The molecular formula is C14H13F3N4. The van der Waals surface area contributed by atoms with E-state index in [0.29, 0.717) is 18.4 Å². The van der Waals surface area contributed by atoms with Crippen LogP contribution < -0.4 is 5.73 Å². The van der Waals surface area contributed by atoms with Crippen molar-refractivity contribution in [1.29, 1.82) is 0 Å². The Bertz CT molecular complexity index is 670. The summed E-state index contributed by atoms with van der Waals surface area (Å²) in [4.78, 5) is 11.9. The summed E-state index contributed by atoms with van der Waals surface area (Å²) >= 11 is 0. The van der Waals surface area contributed by atoms with Crippen molar-refractivity contribution in [1.82, 2.24) is 15.0 Å². The first-order valence-electron chi connectivity index (χ1n) is 6.55. The fraction of sp³-hybridized carbons (Fsp3) is 0.357. The number of hydrogen-bond acceptors (Lipinski definition) is 4. The van der Waals surface area contributed by atoms with Gasteiger partial charge < -0.3 is 5.73 Å². The molecule has 1 aliphatic rings. The van der Waals surface area contributed by atoms with Crippen LogP contribution in [0, 0.1) is 0 Å². The molecule has 4 nitrogen and oxygen atoms in total. The van der Waals surface area contributed by atoms with E-state index >= 15 is 0 Å². The number of anilines is 1. The van der Waals surface area contributed by atoms with Gasteiger partial charge in [0, 0.05) is 18.1 Å². The molecule has 0 radical (unpaired) electrons. The van der Waals surface area contributed by atoms with Gasteiger partial charge in [-0.15, -0.1) is 0 Å². The summed E-state index contributed by atoms with van der Waals surface area (Å²) in [6.07, 6.45) is 1.58. The van der Waals surface area contributed by atoms with Gasteiger partial charge in [-0.05, 0) is 42.4 Å². The van der Waals surface area contributed by atoms with Gasteiger partial charge in [0.1, 0.15) is 12.1 Å². The normalized spacial score (nSPS) is 18.3.